The number of carbonyl (C=O) groups excluding carboxylic acids is 2. The monoisotopic (exact) mass is 623 g/mol. The minimum Gasteiger partial charge on any atom is -0.387 e. The van der Waals surface area contributed by atoms with Crippen LogP contribution in [0, 0.1) is 5.92 Å². The molecule has 242 valence electrons. The number of rotatable bonds is 12. The molecule has 46 heavy (non-hydrogen) atoms. The topological polar surface area (TPSA) is 120 Å². The number of nitrogens with one attached hydrogen (secondary N) is 1. The number of nitrogens with zero attached hydrogens (tertiary/aromatic N) is 3. The van der Waals surface area contributed by atoms with Crippen LogP contribution < -0.4 is 11.1 Å². The number of amidine groups is 1. The summed E-state index contributed by atoms with van der Waals surface area (Å²) in [4.78, 5) is 35.3. The maximum absolute atomic E-state index is 13.3. The lowest BCUT2D eigenvalue weighted by Crippen LogP contribution is -2.34. The molecule has 0 aliphatic carbocycles. The molecule has 9 nitrogen and oxygen atoms in total. The first-order chi connectivity index (χ1) is 22.3. The average Bonchev–Trinajstić information content (AvgIpc) is 3.40. The third-order valence-corrected chi connectivity index (χ3v) is 8.70. The van der Waals surface area contributed by atoms with Gasteiger partial charge in [-0.2, -0.15) is 0 Å². The molecule has 1 saturated heterocycles. The molecular weight excluding hydrogens is 578 g/mol. The smallest absolute Gasteiger partial charge is 0.255 e. The molecule has 3 aromatic rings. The van der Waals surface area contributed by atoms with Crippen LogP contribution in [0.3, 0.4) is 0 Å². The molecule has 2 heterocycles. The molecule has 2 aliphatic heterocycles. The van der Waals surface area contributed by atoms with Gasteiger partial charge in [0.1, 0.15) is 5.84 Å². The largest absolute Gasteiger partial charge is 0.387 e. The van der Waals surface area contributed by atoms with Crippen molar-refractivity contribution in [2.75, 3.05) is 38.6 Å². The number of likely N-dealkylation sites (tertiary alicyclic amines) is 1. The number of aliphatic hydroxyl groups is 1. The number of anilines is 1. The van der Waals surface area contributed by atoms with Gasteiger partial charge in [-0.1, -0.05) is 62.4 Å². The van der Waals surface area contributed by atoms with Crippen molar-refractivity contribution in [1.29, 1.82) is 0 Å². The van der Waals surface area contributed by atoms with E-state index in [0.29, 0.717) is 41.4 Å². The minimum atomic E-state index is -0.870. The van der Waals surface area contributed by atoms with Crippen LogP contribution in [0.2, 0.25) is 0 Å². The molecular formula is C37H45N5O4. The van der Waals surface area contributed by atoms with Gasteiger partial charge in [-0.05, 0) is 54.3 Å². The summed E-state index contributed by atoms with van der Waals surface area (Å²) in [7, 11) is 1.53. The predicted octanol–water partition coefficient (Wildman–Crippen LogP) is 5.54. The Hall–Kier alpha value is -4.31. The number of hydrogen-bond donors (Lipinski definition) is 3. The van der Waals surface area contributed by atoms with Crippen molar-refractivity contribution in [2.45, 2.75) is 51.9 Å². The summed E-state index contributed by atoms with van der Waals surface area (Å²) in [6, 6.07) is 23.4. The van der Waals surface area contributed by atoms with Gasteiger partial charge in [-0.25, -0.2) is 4.99 Å². The minimum absolute atomic E-state index is 0.0236. The van der Waals surface area contributed by atoms with Crippen LogP contribution in [-0.4, -0.2) is 72.1 Å². The van der Waals surface area contributed by atoms with Crippen molar-refractivity contribution in [3.8, 4) is 0 Å². The van der Waals surface area contributed by atoms with E-state index >= 15 is 0 Å². The van der Waals surface area contributed by atoms with Crippen LogP contribution in [0.15, 0.2) is 83.4 Å². The Morgan fingerprint density at radius 2 is 1.76 bits per heavy atom. The third kappa shape index (κ3) is 7.91. The molecule has 2 amide bonds. The maximum Gasteiger partial charge on any atom is 0.255 e. The zero-order chi connectivity index (χ0) is 32.6. The van der Waals surface area contributed by atoms with Crippen LogP contribution in [0.25, 0.3) is 6.08 Å². The summed E-state index contributed by atoms with van der Waals surface area (Å²) in [5.41, 5.74) is 11.6. The predicted molar refractivity (Wildman–Crippen MR) is 183 cm³/mol. The van der Waals surface area contributed by atoms with Crippen molar-refractivity contribution in [3.05, 3.63) is 101 Å². The summed E-state index contributed by atoms with van der Waals surface area (Å²) in [6.07, 6.45) is 3.00. The number of aliphatic imine (C=N–C) groups is 1. The number of benzene rings is 3. The Labute approximate surface area is 271 Å². The fraction of sp³-hybridized carbons (Fsp3) is 0.378. The van der Waals surface area contributed by atoms with Crippen LogP contribution in [-0.2, 0) is 16.1 Å². The molecule has 0 spiro atoms. The number of nitrogens with two attached hydrogens (primary N) is 1. The molecule has 2 aliphatic rings. The molecule has 0 radical (unpaired) electrons. The summed E-state index contributed by atoms with van der Waals surface area (Å²) in [5, 5.41) is 13.6. The number of ether oxygens (including phenoxy) is 1. The Kier molecular flexibility index (Phi) is 11.0. The Morgan fingerprint density at radius 1 is 1.04 bits per heavy atom. The van der Waals surface area contributed by atoms with Crippen LogP contribution in [0.1, 0.15) is 66.1 Å². The van der Waals surface area contributed by atoms with E-state index in [0.717, 1.165) is 43.6 Å². The van der Waals surface area contributed by atoms with Gasteiger partial charge in [-0.15, -0.1) is 0 Å². The van der Waals surface area contributed by atoms with E-state index in [9.17, 15) is 14.7 Å². The Bertz CT molecular complexity index is 1560. The molecule has 9 heteroatoms. The summed E-state index contributed by atoms with van der Waals surface area (Å²) in [6.45, 7) is 7.82. The lowest BCUT2D eigenvalue weighted by atomic mass is 9.88. The van der Waals surface area contributed by atoms with Crippen LogP contribution >= 0.6 is 0 Å². The van der Waals surface area contributed by atoms with Crippen molar-refractivity contribution >= 4 is 35.1 Å². The summed E-state index contributed by atoms with van der Waals surface area (Å²) < 4.78 is 5.34. The molecule has 0 bridgehead atoms. The average molecular weight is 624 g/mol. The fourth-order valence-electron chi connectivity index (χ4n) is 6.44. The van der Waals surface area contributed by atoms with Gasteiger partial charge >= 0.3 is 0 Å². The second-order valence-corrected chi connectivity index (χ2v) is 12.2. The zero-order valence-electron chi connectivity index (χ0n) is 27.0. The SMILES string of the molecule is CCCN(CCC)C(=O)C1=Cc2ccc(C(=O)Nc3ccc(C4CN(Cc5ccccc5)CC4[C@@H](O)OC)cc3)cc2N=C(N)C1. The van der Waals surface area contributed by atoms with E-state index in [-0.39, 0.29) is 30.1 Å². The van der Waals surface area contributed by atoms with Gasteiger partial charge in [-0.3, -0.25) is 14.5 Å². The van der Waals surface area contributed by atoms with Gasteiger partial charge in [0.15, 0.2) is 6.29 Å². The lowest BCUT2D eigenvalue weighted by Gasteiger charge is -2.23. The number of methoxy groups -OCH3 is 1. The summed E-state index contributed by atoms with van der Waals surface area (Å²) >= 11 is 0. The molecule has 4 N–H and O–H groups in total. The first kappa shape index (κ1) is 33.1. The number of amides is 2. The van der Waals surface area contributed by atoms with Crippen molar-refractivity contribution in [3.63, 3.8) is 0 Å². The first-order valence-corrected chi connectivity index (χ1v) is 16.1. The highest BCUT2D eigenvalue weighted by molar-refractivity contribution is 6.07. The first-order valence-electron chi connectivity index (χ1n) is 16.1. The number of carbonyl (C=O) groups is 2. The highest BCUT2D eigenvalue weighted by Gasteiger charge is 2.38. The van der Waals surface area contributed by atoms with Gasteiger partial charge in [0.05, 0.1) is 5.69 Å². The van der Waals surface area contributed by atoms with E-state index < -0.39 is 6.29 Å². The lowest BCUT2D eigenvalue weighted by molar-refractivity contribution is -0.127. The molecule has 1 fully saturated rings. The number of aliphatic hydroxyl groups excluding tert-OH is 1. The van der Waals surface area contributed by atoms with E-state index in [1.54, 1.807) is 12.1 Å². The standard InChI is InChI=1S/C37H45N5O4/c1-4-17-42(18-5-2)36(44)29-19-27-11-12-28(20-33(27)40-34(38)21-29)35(43)39-30-15-13-26(14-16-30)31-23-41(24-32(31)37(45)46-3)22-25-9-7-6-8-10-25/h6-16,19-20,31-32,37,45H,4-5,17-18,21-24H2,1-3H3,(H2,38,40)(H,39,43)/t31?,32?,37-/m0/s1. The van der Waals surface area contributed by atoms with Crippen LogP contribution in [0.5, 0.6) is 0 Å². The fourth-order valence-corrected chi connectivity index (χ4v) is 6.44. The number of fused-ring (bicyclic) bond motifs is 1. The van der Waals surface area contributed by atoms with E-state index in [1.807, 2.05) is 59.5 Å². The molecule has 0 aromatic heterocycles. The maximum atomic E-state index is 13.3. The van der Waals surface area contributed by atoms with Gasteiger partial charge < -0.3 is 25.8 Å². The highest BCUT2D eigenvalue weighted by atomic mass is 16.6. The normalized spacial score (nSPS) is 18.6. The zero-order valence-corrected chi connectivity index (χ0v) is 27.0. The summed E-state index contributed by atoms with van der Waals surface area (Å²) in [5.74, 6) is 0.0497. The second-order valence-electron chi connectivity index (χ2n) is 12.2. The van der Waals surface area contributed by atoms with E-state index in [1.165, 1.54) is 12.7 Å². The molecule has 0 saturated carbocycles. The highest BCUT2D eigenvalue weighted by Crippen LogP contribution is 2.36. The second kappa shape index (κ2) is 15.3. The van der Waals surface area contributed by atoms with Gasteiger partial charge in [0, 0.05) is 80.5 Å². The van der Waals surface area contributed by atoms with E-state index in [2.05, 4.69) is 41.2 Å². The molecule has 3 atom stereocenters. The van der Waals surface area contributed by atoms with Crippen molar-refractivity contribution in [2.24, 2.45) is 16.6 Å². The van der Waals surface area contributed by atoms with Crippen molar-refractivity contribution < 1.29 is 19.4 Å². The molecule has 2 unspecified atom stereocenters. The quantitative estimate of drug-likeness (QED) is 0.228. The number of hydrogen-bond acceptors (Lipinski definition) is 7. The van der Waals surface area contributed by atoms with Crippen molar-refractivity contribution in [1.82, 2.24) is 9.80 Å². The molecule has 5 rings (SSSR count). The van der Waals surface area contributed by atoms with E-state index in [4.69, 9.17) is 10.5 Å². The third-order valence-electron chi connectivity index (χ3n) is 8.70. The van der Waals surface area contributed by atoms with Gasteiger partial charge in [0.2, 0.25) is 5.91 Å². The molecule has 3 aromatic carbocycles. The Morgan fingerprint density at radius 3 is 2.43 bits per heavy atom. The van der Waals surface area contributed by atoms with Gasteiger partial charge in [0.25, 0.3) is 5.91 Å². The van der Waals surface area contributed by atoms with Crippen LogP contribution in [0.4, 0.5) is 11.4 Å². The Balaban J connectivity index is 1.28.